The molecule has 0 spiro atoms. The molecule has 1 heterocycles. The van der Waals surface area contributed by atoms with E-state index in [-0.39, 0.29) is 10.7 Å². The van der Waals surface area contributed by atoms with Gasteiger partial charge in [-0.1, -0.05) is 67.1 Å². The zero-order valence-electron chi connectivity index (χ0n) is 16.7. The highest BCUT2D eigenvalue weighted by atomic mass is 32.2. The molecule has 6 heteroatoms. The molecule has 3 unspecified atom stereocenters. The Hall–Kier alpha value is -2.75. The highest BCUT2D eigenvalue weighted by Crippen LogP contribution is 2.45. The van der Waals surface area contributed by atoms with Crippen molar-refractivity contribution < 1.29 is 8.42 Å². The first-order valence-corrected chi connectivity index (χ1v) is 11.0. The summed E-state index contributed by atoms with van der Waals surface area (Å²) >= 11 is 0. The summed E-state index contributed by atoms with van der Waals surface area (Å²) in [5.74, 6) is 6.50. The molecule has 148 valence electrons. The summed E-state index contributed by atoms with van der Waals surface area (Å²) in [5, 5.41) is 0. The van der Waals surface area contributed by atoms with E-state index >= 15 is 0 Å². The minimum atomic E-state index is -3.78. The molecule has 0 fully saturated rings. The van der Waals surface area contributed by atoms with Gasteiger partial charge in [-0.2, -0.15) is 0 Å². The van der Waals surface area contributed by atoms with Crippen LogP contribution in [-0.4, -0.2) is 26.7 Å². The summed E-state index contributed by atoms with van der Waals surface area (Å²) < 4.78 is 27.7. The zero-order chi connectivity index (χ0) is 21.1. The van der Waals surface area contributed by atoms with Crippen molar-refractivity contribution in [2.24, 2.45) is 11.1 Å². The van der Waals surface area contributed by atoms with Crippen LogP contribution in [0.1, 0.15) is 18.9 Å². The van der Waals surface area contributed by atoms with Crippen molar-refractivity contribution in [2.45, 2.75) is 30.2 Å². The molecule has 1 aliphatic rings. The second kappa shape index (κ2) is 8.32. The van der Waals surface area contributed by atoms with Gasteiger partial charge in [0.15, 0.2) is 0 Å². The van der Waals surface area contributed by atoms with E-state index < -0.39 is 21.6 Å². The molecule has 0 amide bonds. The Labute approximate surface area is 174 Å². The van der Waals surface area contributed by atoms with Crippen LogP contribution in [0.4, 0.5) is 0 Å². The van der Waals surface area contributed by atoms with E-state index in [4.69, 9.17) is 5.73 Å². The Balaban J connectivity index is 2.07. The molecule has 2 aromatic rings. The van der Waals surface area contributed by atoms with Gasteiger partial charge in [0.1, 0.15) is 14.0 Å². The Morgan fingerprint density at radius 1 is 1.17 bits per heavy atom. The fourth-order valence-corrected chi connectivity index (χ4v) is 5.07. The van der Waals surface area contributed by atoms with Crippen molar-refractivity contribution in [3.8, 4) is 11.8 Å². The molecular formula is C23H25BN2O2S. The van der Waals surface area contributed by atoms with Gasteiger partial charge < -0.3 is 5.73 Å². The van der Waals surface area contributed by atoms with Crippen LogP contribution in [0.3, 0.4) is 0 Å². The molecule has 3 atom stereocenters. The van der Waals surface area contributed by atoms with E-state index in [0.717, 1.165) is 5.56 Å². The molecule has 29 heavy (non-hydrogen) atoms. The van der Waals surface area contributed by atoms with Crippen molar-refractivity contribution in [3.63, 3.8) is 0 Å². The average Bonchev–Trinajstić information content (AvgIpc) is 2.98. The van der Waals surface area contributed by atoms with Crippen molar-refractivity contribution in [1.82, 2.24) is 4.31 Å². The average molecular weight is 404 g/mol. The van der Waals surface area contributed by atoms with Crippen LogP contribution in [-0.2, 0) is 10.0 Å². The molecule has 0 aromatic heterocycles. The van der Waals surface area contributed by atoms with Crippen LogP contribution < -0.4 is 5.73 Å². The normalized spacial score (nSPS) is 22.3. The third-order valence-corrected chi connectivity index (χ3v) is 7.14. The first-order chi connectivity index (χ1) is 13.8. The number of hydrogen-bond donors (Lipinski definition) is 1. The van der Waals surface area contributed by atoms with Crippen LogP contribution in [0.2, 0.25) is 5.82 Å². The van der Waals surface area contributed by atoms with Crippen LogP contribution in [0.5, 0.6) is 0 Å². The molecule has 0 saturated heterocycles. The van der Waals surface area contributed by atoms with Crippen LogP contribution >= 0.6 is 0 Å². The summed E-state index contributed by atoms with van der Waals surface area (Å²) in [4.78, 5) is 0.211. The number of rotatable bonds is 5. The summed E-state index contributed by atoms with van der Waals surface area (Å²) in [6.07, 6.45) is 3.34. The molecule has 0 aliphatic carbocycles. The summed E-state index contributed by atoms with van der Waals surface area (Å²) in [6, 6.07) is 18.0. The molecule has 3 rings (SSSR count). The van der Waals surface area contributed by atoms with E-state index in [2.05, 4.69) is 18.4 Å². The monoisotopic (exact) mass is 404 g/mol. The number of nitrogens with zero attached hydrogens (tertiary/aromatic N) is 1. The SMILES string of the molecule is BC(C=C)CC1(C)C(C#Cc2ccccc2)=CN(S(=O)(=O)c2ccccc2)C1N. The Kier molecular flexibility index (Phi) is 6.02. The van der Waals surface area contributed by atoms with Crippen LogP contribution in [0, 0.1) is 17.3 Å². The van der Waals surface area contributed by atoms with Crippen LogP contribution in [0.15, 0.2) is 90.0 Å². The molecule has 0 bridgehead atoms. The van der Waals surface area contributed by atoms with E-state index in [9.17, 15) is 8.42 Å². The van der Waals surface area contributed by atoms with Gasteiger partial charge in [-0.3, -0.25) is 4.31 Å². The molecular weight excluding hydrogens is 379 g/mol. The lowest BCUT2D eigenvalue weighted by Gasteiger charge is -2.35. The lowest BCUT2D eigenvalue weighted by atomic mass is 9.69. The Morgan fingerprint density at radius 3 is 2.34 bits per heavy atom. The molecule has 0 radical (unpaired) electrons. The number of sulfonamides is 1. The third-order valence-electron chi connectivity index (χ3n) is 5.38. The second-order valence-corrected chi connectivity index (χ2v) is 9.43. The van der Waals surface area contributed by atoms with Gasteiger partial charge in [0.2, 0.25) is 0 Å². The first-order valence-electron chi connectivity index (χ1n) is 9.55. The van der Waals surface area contributed by atoms with Gasteiger partial charge in [0.25, 0.3) is 10.0 Å². The maximum Gasteiger partial charge on any atom is 0.265 e. The Morgan fingerprint density at radius 2 is 1.76 bits per heavy atom. The minimum absolute atomic E-state index is 0.160. The molecule has 0 saturated carbocycles. The van der Waals surface area contributed by atoms with Gasteiger partial charge in [-0.25, -0.2) is 8.42 Å². The predicted molar refractivity (Wildman–Crippen MR) is 120 cm³/mol. The van der Waals surface area contributed by atoms with E-state index in [1.165, 1.54) is 4.31 Å². The third kappa shape index (κ3) is 4.17. The highest BCUT2D eigenvalue weighted by Gasteiger charge is 2.47. The number of allylic oxidation sites excluding steroid dienone is 1. The number of hydrogen-bond acceptors (Lipinski definition) is 3. The molecule has 4 nitrogen and oxygen atoms in total. The standard InChI is InChI=1S/C23H25BN2O2S/c1-3-20(24)16-23(2)19(15-14-18-10-6-4-7-11-18)17-26(22(23)25)29(27,28)21-12-8-5-9-13-21/h3-13,17,20,22H,1,16,24-25H2,2H3. The zero-order valence-corrected chi connectivity index (χ0v) is 17.6. The van der Waals surface area contributed by atoms with Gasteiger partial charge in [-0.05, 0) is 30.7 Å². The summed E-state index contributed by atoms with van der Waals surface area (Å²) in [6.45, 7) is 5.84. The lowest BCUT2D eigenvalue weighted by Crippen LogP contribution is -2.48. The number of nitrogens with two attached hydrogens (primary N) is 1. The second-order valence-electron chi connectivity index (χ2n) is 7.59. The van der Waals surface area contributed by atoms with Gasteiger partial charge in [0, 0.05) is 22.8 Å². The quantitative estimate of drug-likeness (QED) is 0.474. The van der Waals surface area contributed by atoms with Crippen molar-refractivity contribution in [2.75, 3.05) is 0 Å². The summed E-state index contributed by atoms with van der Waals surface area (Å²) in [5.41, 5.74) is 7.48. The van der Waals surface area contributed by atoms with E-state index in [1.807, 2.05) is 51.2 Å². The maximum absolute atomic E-state index is 13.2. The van der Waals surface area contributed by atoms with Gasteiger partial charge in [-0.15, -0.1) is 6.58 Å². The molecule has 2 N–H and O–H groups in total. The number of benzene rings is 2. The topological polar surface area (TPSA) is 63.4 Å². The summed E-state index contributed by atoms with van der Waals surface area (Å²) in [7, 11) is -1.74. The van der Waals surface area contributed by atoms with Gasteiger partial charge in [0.05, 0.1) is 4.90 Å². The minimum Gasteiger partial charge on any atom is -0.310 e. The first kappa shape index (κ1) is 21.0. The largest absolute Gasteiger partial charge is 0.310 e. The van der Waals surface area contributed by atoms with Crippen molar-refractivity contribution >= 4 is 17.9 Å². The molecule has 1 aliphatic heterocycles. The van der Waals surface area contributed by atoms with Crippen molar-refractivity contribution in [3.05, 3.63) is 90.7 Å². The smallest absolute Gasteiger partial charge is 0.265 e. The van der Waals surface area contributed by atoms with Crippen LogP contribution in [0.25, 0.3) is 0 Å². The van der Waals surface area contributed by atoms with Crippen molar-refractivity contribution in [1.29, 1.82) is 0 Å². The fraction of sp³-hybridized carbons (Fsp3) is 0.217. The Bertz CT molecular complexity index is 1070. The lowest BCUT2D eigenvalue weighted by molar-refractivity contribution is 0.244. The maximum atomic E-state index is 13.2. The molecule has 2 aromatic carbocycles. The van der Waals surface area contributed by atoms with E-state index in [0.29, 0.717) is 12.0 Å². The van der Waals surface area contributed by atoms with Gasteiger partial charge >= 0.3 is 0 Å². The highest BCUT2D eigenvalue weighted by molar-refractivity contribution is 7.89. The van der Waals surface area contributed by atoms with E-state index in [1.54, 1.807) is 36.5 Å². The predicted octanol–water partition coefficient (Wildman–Crippen LogP) is 2.92. The fourth-order valence-electron chi connectivity index (χ4n) is 3.55.